The van der Waals surface area contributed by atoms with E-state index < -0.39 is 0 Å². The van der Waals surface area contributed by atoms with E-state index in [1.807, 2.05) is 6.20 Å². The van der Waals surface area contributed by atoms with E-state index in [1.165, 1.54) is 69.2 Å². The molecule has 3 rings (SSSR count). The van der Waals surface area contributed by atoms with Crippen LogP contribution in [0, 0.1) is 5.92 Å². The Labute approximate surface area is 123 Å². The number of aryl methyl sites for hydroxylation is 1. The van der Waals surface area contributed by atoms with E-state index in [4.69, 9.17) is 0 Å². The van der Waals surface area contributed by atoms with Gasteiger partial charge in [0.25, 0.3) is 0 Å². The van der Waals surface area contributed by atoms with Crippen LogP contribution in [0.3, 0.4) is 0 Å². The highest BCUT2D eigenvalue weighted by atomic mass is 14.9. The van der Waals surface area contributed by atoms with Crippen molar-refractivity contribution in [3.63, 3.8) is 0 Å². The molecule has 2 aliphatic carbocycles. The third-order valence-corrected chi connectivity index (χ3v) is 4.99. The zero-order valence-electron chi connectivity index (χ0n) is 12.8. The van der Waals surface area contributed by atoms with E-state index in [1.54, 1.807) is 0 Å². The second-order valence-corrected chi connectivity index (χ2v) is 6.61. The smallest absolute Gasteiger partial charge is 0.0466 e. The van der Waals surface area contributed by atoms with Crippen molar-refractivity contribution < 1.29 is 0 Å². The summed E-state index contributed by atoms with van der Waals surface area (Å²) in [5.41, 5.74) is 2.91. The molecule has 110 valence electrons. The molecule has 0 radical (unpaired) electrons. The molecule has 2 nitrogen and oxygen atoms in total. The molecule has 1 heterocycles. The van der Waals surface area contributed by atoms with E-state index in [-0.39, 0.29) is 0 Å². The summed E-state index contributed by atoms with van der Waals surface area (Å²) < 4.78 is 0. The molecule has 0 amide bonds. The van der Waals surface area contributed by atoms with Crippen LogP contribution >= 0.6 is 0 Å². The Hall–Kier alpha value is -0.890. The fourth-order valence-corrected chi connectivity index (χ4v) is 3.70. The molecular weight excluding hydrogens is 244 g/mol. The summed E-state index contributed by atoms with van der Waals surface area (Å²) in [5, 5.41) is 3.77. The van der Waals surface area contributed by atoms with Crippen LogP contribution in [0.5, 0.6) is 0 Å². The van der Waals surface area contributed by atoms with Crippen LogP contribution in [0.15, 0.2) is 18.3 Å². The van der Waals surface area contributed by atoms with Crippen LogP contribution < -0.4 is 5.32 Å². The molecule has 1 fully saturated rings. The molecule has 0 spiro atoms. The van der Waals surface area contributed by atoms with Crippen LogP contribution in [0.2, 0.25) is 0 Å². The summed E-state index contributed by atoms with van der Waals surface area (Å²) in [5.74, 6) is 1.68. The largest absolute Gasteiger partial charge is 0.314 e. The Bertz CT molecular complexity index is 425. The summed E-state index contributed by atoms with van der Waals surface area (Å²) in [6.07, 6.45) is 12.7. The molecule has 0 bridgehead atoms. The van der Waals surface area contributed by atoms with E-state index in [0.717, 1.165) is 12.0 Å². The van der Waals surface area contributed by atoms with Crippen LogP contribution in [-0.2, 0) is 6.42 Å². The standard InChI is InChI=1S/C18H28N2/c1-2-12-19-17(14-8-9-14)11-10-16-6-3-5-15-7-4-13-20-18(15)16/h4,7,13-14,16-17,19H,2-3,5-6,8-12H2,1H3. The molecule has 0 aromatic carbocycles. The van der Waals surface area contributed by atoms with Crippen molar-refractivity contribution in [2.24, 2.45) is 5.92 Å². The van der Waals surface area contributed by atoms with Gasteiger partial charge in [-0.3, -0.25) is 4.98 Å². The lowest BCUT2D eigenvalue weighted by molar-refractivity contribution is 0.390. The lowest BCUT2D eigenvalue weighted by atomic mass is 9.83. The van der Waals surface area contributed by atoms with Gasteiger partial charge in [-0.25, -0.2) is 0 Å². The normalized spacial score (nSPS) is 23.4. The maximum absolute atomic E-state index is 4.68. The van der Waals surface area contributed by atoms with Crippen LogP contribution in [-0.4, -0.2) is 17.6 Å². The number of nitrogens with zero attached hydrogens (tertiary/aromatic N) is 1. The van der Waals surface area contributed by atoms with Crippen molar-refractivity contribution in [3.05, 3.63) is 29.6 Å². The summed E-state index contributed by atoms with van der Waals surface area (Å²) in [7, 11) is 0. The van der Waals surface area contributed by atoms with Gasteiger partial charge in [-0.05, 0) is 75.5 Å². The molecule has 0 saturated heterocycles. The zero-order valence-corrected chi connectivity index (χ0v) is 12.8. The number of pyridine rings is 1. The van der Waals surface area contributed by atoms with Crippen molar-refractivity contribution in [1.29, 1.82) is 0 Å². The van der Waals surface area contributed by atoms with Gasteiger partial charge in [0, 0.05) is 23.9 Å². The first-order valence-electron chi connectivity index (χ1n) is 8.55. The maximum atomic E-state index is 4.68. The van der Waals surface area contributed by atoms with Crippen LogP contribution in [0.4, 0.5) is 0 Å². The number of hydrogen-bond donors (Lipinski definition) is 1. The third kappa shape index (κ3) is 3.41. The van der Waals surface area contributed by atoms with Crippen molar-refractivity contribution >= 4 is 0 Å². The lowest BCUT2D eigenvalue weighted by Crippen LogP contribution is -2.32. The number of rotatable bonds is 7. The Morgan fingerprint density at radius 2 is 2.25 bits per heavy atom. The number of hydrogen-bond acceptors (Lipinski definition) is 2. The summed E-state index contributed by atoms with van der Waals surface area (Å²) in [6, 6.07) is 5.14. The van der Waals surface area contributed by atoms with Crippen LogP contribution in [0.25, 0.3) is 0 Å². The van der Waals surface area contributed by atoms with Gasteiger partial charge in [-0.1, -0.05) is 13.0 Å². The van der Waals surface area contributed by atoms with Crippen molar-refractivity contribution in [3.8, 4) is 0 Å². The highest BCUT2D eigenvalue weighted by molar-refractivity contribution is 5.25. The SMILES string of the molecule is CCCNC(CCC1CCCc2cccnc21)C1CC1. The molecule has 20 heavy (non-hydrogen) atoms. The summed E-state index contributed by atoms with van der Waals surface area (Å²) >= 11 is 0. The fourth-order valence-electron chi connectivity index (χ4n) is 3.70. The first kappa shape index (κ1) is 14.1. The molecule has 1 N–H and O–H groups in total. The van der Waals surface area contributed by atoms with Crippen molar-refractivity contribution in [1.82, 2.24) is 10.3 Å². The Morgan fingerprint density at radius 3 is 3.05 bits per heavy atom. The minimum atomic E-state index is 0.713. The average Bonchev–Trinajstić information content (AvgIpc) is 3.32. The van der Waals surface area contributed by atoms with E-state index >= 15 is 0 Å². The Morgan fingerprint density at radius 1 is 1.35 bits per heavy atom. The Kier molecular flexibility index (Phi) is 4.72. The molecule has 2 atom stereocenters. The van der Waals surface area contributed by atoms with Gasteiger partial charge in [0.1, 0.15) is 0 Å². The molecular formula is C18H28N2. The number of nitrogens with one attached hydrogen (secondary N) is 1. The van der Waals surface area contributed by atoms with Gasteiger partial charge in [0.05, 0.1) is 0 Å². The second-order valence-electron chi connectivity index (χ2n) is 6.61. The van der Waals surface area contributed by atoms with Gasteiger partial charge in [-0.2, -0.15) is 0 Å². The molecule has 0 aliphatic heterocycles. The average molecular weight is 272 g/mol. The van der Waals surface area contributed by atoms with Gasteiger partial charge in [0.15, 0.2) is 0 Å². The topological polar surface area (TPSA) is 24.9 Å². The fraction of sp³-hybridized carbons (Fsp3) is 0.722. The quantitative estimate of drug-likeness (QED) is 0.809. The summed E-state index contributed by atoms with van der Waals surface area (Å²) in [6.45, 7) is 3.44. The summed E-state index contributed by atoms with van der Waals surface area (Å²) in [4.78, 5) is 4.68. The molecule has 1 aromatic rings. The first-order chi connectivity index (χ1) is 9.88. The van der Waals surface area contributed by atoms with E-state index in [2.05, 4.69) is 29.4 Å². The van der Waals surface area contributed by atoms with Crippen molar-refractivity contribution in [2.45, 2.75) is 70.3 Å². The van der Waals surface area contributed by atoms with Gasteiger partial charge >= 0.3 is 0 Å². The first-order valence-corrected chi connectivity index (χ1v) is 8.55. The van der Waals surface area contributed by atoms with E-state index in [9.17, 15) is 0 Å². The molecule has 2 aliphatic rings. The predicted octanol–water partition coefficient (Wildman–Crippen LogP) is 4.06. The zero-order chi connectivity index (χ0) is 13.8. The van der Waals surface area contributed by atoms with Crippen LogP contribution in [0.1, 0.15) is 69.0 Å². The lowest BCUT2D eigenvalue weighted by Gasteiger charge is -2.26. The van der Waals surface area contributed by atoms with Gasteiger partial charge in [0.2, 0.25) is 0 Å². The van der Waals surface area contributed by atoms with Gasteiger partial charge < -0.3 is 5.32 Å². The van der Waals surface area contributed by atoms with Crippen molar-refractivity contribution in [2.75, 3.05) is 6.54 Å². The monoisotopic (exact) mass is 272 g/mol. The number of fused-ring (bicyclic) bond motifs is 1. The van der Waals surface area contributed by atoms with E-state index in [0.29, 0.717) is 5.92 Å². The molecule has 2 heteroatoms. The molecule has 1 saturated carbocycles. The molecule has 1 aromatic heterocycles. The highest BCUT2D eigenvalue weighted by Crippen LogP contribution is 2.38. The Balaban J connectivity index is 1.57. The van der Waals surface area contributed by atoms with Gasteiger partial charge in [-0.15, -0.1) is 0 Å². The maximum Gasteiger partial charge on any atom is 0.0466 e. The third-order valence-electron chi connectivity index (χ3n) is 4.99. The second kappa shape index (κ2) is 6.71. The molecule has 2 unspecified atom stereocenters. The number of aromatic nitrogens is 1. The predicted molar refractivity (Wildman–Crippen MR) is 84.0 cm³/mol. The highest BCUT2D eigenvalue weighted by Gasteiger charge is 2.31. The minimum Gasteiger partial charge on any atom is -0.314 e. The minimum absolute atomic E-state index is 0.713.